The van der Waals surface area contributed by atoms with Gasteiger partial charge in [-0.15, -0.1) is 0 Å². The van der Waals surface area contributed by atoms with Gasteiger partial charge in [0.2, 0.25) is 0 Å². The molecule has 2 aliphatic rings. The molecule has 6 rings (SSSR count). The van der Waals surface area contributed by atoms with Crippen molar-refractivity contribution in [1.29, 1.82) is 0 Å². The second-order valence-corrected chi connectivity index (χ2v) is 10.9. The van der Waals surface area contributed by atoms with Crippen molar-refractivity contribution >= 4 is 16.7 Å². The summed E-state index contributed by atoms with van der Waals surface area (Å²) in [6.45, 7) is 11.4. The summed E-state index contributed by atoms with van der Waals surface area (Å²) < 4.78 is 13.0. The zero-order valence-electron chi connectivity index (χ0n) is 22.6. The van der Waals surface area contributed by atoms with Gasteiger partial charge in [-0.25, -0.2) is 4.98 Å². The first kappa shape index (κ1) is 23.8. The van der Waals surface area contributed by atoms with Crippen LogP contribution in [0.25, 0.3) is 33.7 Å². The highest BCUT2D eigenvalue weighted by Crippen LogP contribution is 2.43. The molecule has 0 radical (unpaired) electrons. The molecule has 1 spiro atoms. The maximum Gasteiger partial charge on any atom is 0.161 e. The lowest BCUT2D eigenvalue weighted by Gasteiger charge is -2.62. The van der Waals surface area contributed by atoms with Crippen LogP contribution in [-0.4, -0.2) is 65.9 Å². The number of anilines is 1. The number of methoxy groups -OCH3 is 2. The highest BCUT2D eigenvalue weighted by molar-refractivity contribution is 5.86. The lowest BCUT2D eigenvalue weighted by Crippen LogP contribution is -2.73. The van der Waals surface area contributed by atoms with Crippen LogP contribution in [0.4, 0.5) is 5.69 Å². The molecule has 4 heterocycles. The molecule has 0 unspecified atom stereocenters. The molecule has 2 aromatic carbocycles. The summed E-state index contributed by atoms with van der Waals surface area (Å²) in [7, 11) is 5.34. The van der Waals surface area contributed by atoms with Gasteiger partial charge in [-0.1, -0.05) is 12.1 Å². The quantitative estimate of drug-likeness (QED) is 0.367. The number of hydrogen-bond acceptors (Lipinski definition) is 6. The third kappa shape index (κ3) is 3.93. The fourth-order valence-corrected chi connectivity index (χ4v) is 5.89. The Bertz CT molecular complexity index is 1460. The van der Waals surface area contributed by atoms with E-state index in [2.05, 4.69) is 58.5 Å². The van der Waals surface area contributed by atoms with Crippen molar-refractivity contribution in [3.05, 3.63) is 54.2 Å². The van der Waals surface area contributed by atoms with Crippen LogP contribution in [0.15, 0.2) is 48.5 Å². The number of fused-ring (bicyclic) bond motifs is 1. The van der Waals surface area contributed by atoms with E-state index in [1.165, 1.54) is 18.8 Å². The van der Waals surface area contributed by atoms with Crippen LogP contribution in [0.5, 0.6) is 11.5 Å². The molecule has 0 atom stereocenters. The van der Waals surface area contributed by atoms with Gasteiger partial charge < -0.3 is 18.9 Å². The summed E-state index contributed by atoms with van der Waals surface area (Å²) in [5.41, 5.74) is 7.75. The fourth-order valence-electron chi connectivity index (χ4n) is 5.89. The van der Waals surface area contributed by atoms with Gasteiger partial charge in [0.25, 0.3) is 0 Å². The summed E-state index contributed by atoms with van der Waals surface area (Å²) in [5, 5.41) is 0. The Kier molecular flexibility index (Phi) is 5.64. The van der Waals surface area contributed by atoms with Crippen molar-refractivity contribution in [3.8, 4) is 34.1 Å². The molecule has 2 aromatic heterocycles. The van der Waals surface area contributed by atoms with Crippen LogP contribution in [0, 0.1) is 12.3 Å². The van der Waals surface area contributed by atoms with Crippen molar-refractivity contribution in [2.75, 3.05) is 45.3 Å². The van der Waals surface area contributed by atoms with Gasteiger partial charge in [-0.3, -0.25) is 9.88 Å². The summed E-state index contributed by atoms with van der Waals surface area (Å²) in [6.07, 6.45) is 0. The van der Waals surface area contributed by atoms with Crippen LogP contribution in [0.3, 0.4) is 0 Å². The molecule has 7 nitrogen and oxygen atoms in total. The molecule has 37 heavy (non-hydrogen) atoms. The molecule has 2 aliphatic heterocycles. The molecule has 192 valence electrons. The first-order valence-corrected chi connectivity index (χ1v) is 13.0. The van der Waals surface area contributed by atoms with Crippen LogP contribution in [-0.2, 0) is 7.05 Å². The molecule has 7 heteroatoms. The van der Waals surface area contributed by atoms with Crippen molar-refractivity contribution < 1.29 is 9.47 Å². The lowest BCUT2D eigenvalue weighted by molar-refractivity contribution is -0.0411. The maximum absolute atomic E-state index is 5.51. The number of ether oxygens (including phenoxy) is 2. The summed E-state index contributed by atoms with van der Waals surface area (Å²) in [4.78, 5) is 14.9. The van der Waals surface area contributed by atoms with E-state index < -0.39 is 0 Å². The minimum Gasteiger partial charge on any atom is -0.493 e. The van der Waals surface area contributed by atoms with E-state index >= 15 is 0 Å². The summed E-state index contributed by atoms with van der Waals surface area (Å²) >= 11 is 0. The average molecular weight is 498 g/mol. The zero-order valence-corrected chi connectivity index (χ0v) is 22.6. The smallest absolute Gasteiger partial charge is 0.161 e. The number of likely N-dealkylation sites (tertiary alicyclic amines) is 1. The molecule has 2 saturated heterocycles. The molecule has 0 aliphatic carbocycles. The second-order valence-electron chi connectivity index (χ2n) is 10.9. The van der Waals surface area contributed by atoms with Gasteiger partial charge >= 0.3 is 0 Å². The predicted molar refractivity (Wildman–Crippen MR) is 149 cm³/mol. The Morgan fingerprint density at radius 1 is 0.838 bits per heavy atom. The Morgan fingerprint density at radius 3 is 2.16 bits per heavy atom. The topological polar surface area (TPSA) is 55.7 Å². The first-order valence-electron chi connectivity index (χ1n) is 13.0. The molecule has 2 fully saturated rings. The van der Waals surface area contributed by atoms with Crippen LogP contribution in [0.1, 0.15) is 19.5 Å². The van der Waals surface area contributed by atoms with E-state index in [9.17, 15) is 0 Å². The summed E-state index contributed by atoms with van der Waals surface area (Å²) in [6, 6.07) is 17.5. The third-order valence-corrected chi connectivity index (χ3v) is 8.07. The van der Waals surface area contributed by atoms with Crippen molar-refractivity contribution in [1.82, 2.24) is 19.4 Å². The van der Waals surface area contributed by atoms with Gasteiger partial charge in [0, 0.05) is 61.5 Å². The van der Waals surface area contributed by atoms with Crippen molar-refractivity contribution in [3.63, 3.8) is 0 Å². The van der Waals surface area contributed by atoms with Gasteiger partial charge in [0.05, 0.1) is 31.1 Å². The second kappa shape index (κ2) is 8.77. The van der Waals surface area contributed by atoms with Gasteiger partial charge in [-0.2, -0.15) is 0 Å². The largest absolute Gasteiger partial charge is 0.493 e. The number of hydrogen-bond donors (Lipinski definition) is 0. The predicted octanol–water partition coefficient (Wildman–Crippen LogP) is 5.16. The van der Waals surface area contributed by atoms with Crippen LogP contribution in [0.2, 0.25) is 0 Å². The van der Waals surface area contributed by atoms with E-state index in [4.69, 9.17) is 19.4 Å². The number of aromatic nitrogens is 3. The van der Waals surface area contributed by atoms with E-state index in [1.54, 1.807) is 14.2 Å². The number of nitrogens with zero attached hydrogens (tertiary/aromatic N) is 5. The molecule has 0 N–H and O–H groups in total. The SMILES string of the molecule is COc1ccc(-c2nc3c(C)nc(-c4ccc(N5CC6(C5)CN(C(C)C)C6)cc4)cc3n2C)cc1OC. The molecule has 0 amide bonds. The monoisotopic (exact) mass is 497 g/mol. The first-order chi connectivity index (χ1) is 17.8. The van der Waals surface area contributed by atoms with Gasteiger partial charge in [0.15, 0.2) is 11.5 Å². The minimum atomic E-state index is 0.512. The zero-order chi connectivity index (χ0) is 25.9. The van der Waals surface area contributed by atoms with Crippen LogP contribution >= 0.6 is 0 Å². The van der Waals surface area contributed by atoms with Gasteiger partial charge in [-0.05, 0) is 57.2 Å². The Morgan fingerprint density at radius 2 is 1.51 bits per heavy atom. The normalized spacial score (nSPS) is 16.8. The minimum absolute atomic E-state index is 0.512. The molecule has 4 aromatic rings. The Hall–Kier alpha value is -3.58. The molecular weight excluding hydrogens is 462 g/mol. The lowest BCUT2D eigenvalue weighted by atomic mass is 9.72. The third-order valence-electron chi connectivity index (χ3n) is 8.07. The standard InChI is InChI=1S/C30H35N5O2/c1-19(2)34-15-30(16-34)17-35(18-30)23-10-7-21(8-11-23)24-14-25-28(20(3)31-24)32-29(33(25)4)22-9-12-26(36-5)27(13-22)37-6/h7-14,19H,15-18H2,1-6H3. The molecule has 0 bridgehead atoms. The molecule has 0 saturated carbocycles. The number of imidazole rings is 1. The number of benzene rings is 2. The highest BCUT2D eigenvalue weighted by Gasteiger charge is 2.52. The fraction of sp³-hybridized carbons (Fsp3) is 0.400. The van der Waals surface area contributed by atoms with E-state index in [0.717, 1.165) is 52.5 Å². The van der Waals surface area contributed by atoms with E-state index in [-0.39, 0.29) is 0 Å². The highest BCUT2D eigenvalue weighted by atomic mass is 16.5. The molecular formula is C30H35N5O2. The number of rotatable bonds is 6. The number of pyridine rings is 1. The van der Waals surface area contributed by atoms with E-state index in [0.29, 0.717) is 23.0 Å². The number of aryl methyl sites for hydroxylation is 2. The van der Waals surface area contributed by atoms with Crippen molar-refractivity contribution in [2.24, 2.45) is 12.5 Å². The Labute approximate surface area is 218 Å². The average Bonchev–Trinajstić information content (AvgIpc) is 3.19. The Balaban J connectivity index is 1.25. The van der Waals surface area contributed by atoms with E-state index in [1.807, 2.05) is 32.2 Å². The summed E-state index contributed by atoms with van der Waals surface area (Å²) in [5.74, 6) is 2.25. The maximum atomic E-state index is 5.51. The van der Waals surface area contributed by atoms with Crippen LogP contribution < -0.4 is 14.4 Å². The van der Waals surface area contributed by atoms with Crippen molar-refractivity contribution in [2.45, 2.75) is 26.8 Å². The van der Waals surface area contributed by atoms with Gasteiger partial charge in [0.1, 0.15) is 11.3 Å².